The van der Waals surface area contributed by atoms with E-state index in [2.05, 4.69) is 10.0 Å². The number of methoxy groups -OCH3 is 4. The van der Waals surface area contributed by atoms with Crippen LogP contribution >= 0.6 is 0 Å². The third kappa shape index (κ3) is 5.70. The molecule has 0 saturated carbocycles. The topological polar surface area (TPSA) is 112 Å². The van der Waals surface area contributed by atoms with Crippen LogP contribution in [0.25, 0.3) is 0 Å². The molecule has 0 saturated heterocycles. The Morgan fingerprint density at radius 1 is 0.794 bits per heavy atom. The van der Waals surface area contributed by atoms with Gasteiger partial charge in [-0.1, -0.05) is 6.07 Å². The predicted molar refractivity (Wildman–Crippen MR) is 128 cm³/mol. The molecule has 0 bridgehead atoms. The van der Waals surface area contributed by atoms with Crippen molar-refractivity contribution >= 4 is 21.6 Å². The lowest BCUT2D eigenvalue weighted by Crippen LogP contribution is -2.23. The zero-order valence-corrected chi connectivity index (χ0v) is 20.1. The summed E-state index contributed by atoms with van der Waals surface area (Å²) >= 11 is 0. The molecule has 0 heterocycles. The molecule has 0 aliphatic carbocycles. The Balaban J connectivity index is 1.76. The zero-order valence-electron chi connectivity index (χ0n) is 19.2. The Kier molecular flexibility index (Phi) is 7.85. The fraction of sp³-hybridized carbons (Fsp3) is 0.208. The van der Waals surface area contributed by atoms with E-state index in [9.17, 15) is 13.2 Å². The molecule has 34 heavy (non-hydrogen) atoms. The molecule has 10 heteroatoms. The number of carbonyl (C=O) groups is 1. The van der Waals surface area contributed by atoms with Gasteiger partial charge in [0.05, 0.1) is 33.3 Å². The average Bonchev–Trinajstić information content (AvgIpc) is 2.86. The summed E-state index contributed by atoms with van der Waals surface area (Å²) in [5.74, 6) is 1.66. The van der Waals surface area contributed by atoms with Crippen LogP contribution in [0.1, 0.15) is 15.9 Å². The van der Waals surface area contributed by atoms with Gasteiger partial charge in [-0.25, -0.2) is 8.42 Å². The Hall–Kier alpha value is -3.92. The van der Waals surface area contributed by atoms with Gasteiger partial charge in [0.25, 0.3) is 15.9 Å². The van der Waals surface area contributed by atoms with Crippen molar-refractivity contribution in [2.75, 3.05) is 33.2 Å². The van der Waals surface area contributed by atoms with Gasteiger partial charge < -0.3 is 24.3 Å². The largest absolute Gasteiger partial charge is 0.497 e. The normalized spacial score (nSPS) is 10.8. The second-order valence-corrected chi connectivity index (χ2v) is 8.75. The summed E-state index contributed by atoms with van der Waals surface area (Å²) in [5, 5.41) is 2.78. The standard InChI is InChI=1S/C24H26N2O7S/c1-30-19-10-8-18(9-11-19)26-34(28,29)20-7-5-6-16(12-20)24(27)25-15-17-13-22(32-3)23(33-4)14-21(17)31-2/h5-14,26H,15H2,1-4H3,(H,25,27). The fourth-order valence-electron chi connectivity index (χ4n) is 3.19. The summed E-state index contributed by atoms with van der Waals surface area (Å²) in [6.45, 7) is 0.128. The second-order valence-electron chi connectivity index (χ2n) is 7.06. The van der Waals surface area contributed by atoms with Gasteiger partial charge in [-0.3, -0.25) is 9.52 Å². The van der Waals surface area contributed by atoms with Crippen LogP contribution < -0.4 is 29.0 Å². The highest BCUT2D eigenvalue weighted by atomic mass is 32.2. The first-order chi connectivity index (χ1) is 16.3. The van der Waals surface area contributed by atoms with E-state index in [4.69, 9.17) is 18.9 Å². The number of sulfonamides is 1. The lowest BCUT2D eigenvalue weighted by molar-refractivity contribution is 0.0950. The summed E-state index contributed by atoms with van der Waals surface area (Å²) < 4.78 is 49.1. The molecule has 0 spiro atoms. The smallest absolute Gasteiger partial charge is 0.261 e. The highest BCUT2D eigenvalue weighted by molar-refractivity contribution is 7.92. The molecule has 0 aliphatic heterocycles. The van der Waals surface area contributed by atoms with Crippen molar-refractivity contribution in [3.05, 3.63) is 71.8 Å². The van der Waals surface area contributed by atoms with E-state index in [1.165, 1.54) is 52.7 Å². The maximum atomic E-state index is 12.8. The first-order valence-electron chi connectivity index (χ1n) is 10.1. The molecule has 0 atom stereocenters. The summed E-state index contributed by atoms with van der Waals surface area (Å²) in [5.41, 5.74) is 1.23. The number of rotatable bonds is 10. The van der Waals surface area contributed by atoms with Crippen molar-refractivity contribution in [2.45, 2.75) is 11.4 Å². The molecule has 2 N–H and O–H groups in total. The number of anilines is 1. The minimum Gasteiger partial charge on any atom is -0.497 e. The first kappa shape index (κ1) is 24.7. The monoisotopic (exact) mass is 486 g/mol. The van der Waals surface area contributed by atoms with Crippen molar-refractivity contribution in [3.63, 3.8) is 0 Å². The molecule has 0 fully saturated rings. The van der Waals surface area contributed by atoms with E-state index in [1.807, 2.05) is 0 Å². The van der Waals surface area contributed by atoms with Gasteiger partial charge in [0.15, 0.2) is 11.5 Å². The number of hydrogen-bond donors (Lipinski definition) is 2. The van der Waals surface area contributed by atoms with Crippen LogP contribution in [-0.2, 0) is 16.6 Å². The van der Waals surface area contributed by atoms with Crippen molar-refractivity contribution in [3.8, 4) is 23.0 Å². The molecule has 180 valence electrons. The quantitative estimate of drug-likeness (QED) is 0.451. The highest BCUT2D eigenvalue weighted by Gasteiger charge is 2.18. The lowest BCUT2D eigenvalue weighted by Gasteiger charge is -2.15. The van der Waals surface area contributed by atoms with Gasteiger partial charge in [0.1, 0.15) is 11.5 Å². The van der Waals surface area contributed by atoms with E-state index in [0.29, 0.717) is 34.2 Å². The molecular weight excluding hydrogens is 460 g/mol. The van der Waals surface area contributed by atoms with Crippen molar-refractivity contribution in [2.24, 2.45) is 0 Å². The zero-order chi connectivity index (χ0) is 24.7. The van der Waals surface area contributed by atoms with Gasteiger partial charge in [0.2, 0.25) is 0 Å². The van der Waals surface area contributed by atoms with Gasteiger partial charge >= 0.3 is 0 Å². The lowest BCUT2D eigenvalue weighted by atomic mass is 10.1. The van der Waals surface area contributed by atoms with Crippen LogP contribution in [0.2, 0.25) is 0 Å². The van der Waals surface area contributed by atoms with E-state index in [1.54, 1.807) is 36.4 Å². The summed E-state index contributed by atoms with van der Waals surface area (Å²) in [6, 6.07) is 15.6. The maximum Gasteiger partial charge on any atom is 0.261 e. The van der Waals surface area contributed by atoms with Crippen LogP contribution in [-0.4, -0.2) is 42.8 Å². The molecule has 3 rings (SSSR count). The molecule has 0 aliphatic rings. The van der Waals surface area contributed by atoms with Crippen molar-refractivity contribution in [1.82, 2.24) is 5.32 Å². The number of carbonyl (C=O) groups excluding carboxylic acids is 1. The summed E-state index contributed by atoms with van der Waals surface area (Å²) in [7, 11) is 2.16. The van der Waals surface area contributed by atoms with E-state index < -0.39 is 15.9 Å². The molecule has 0 aromatic heterocycles. The molecule has 0 unspecified atom stereocenters. The summed E-state index contributed by atoms with van der Waals surface area (Å²) in [6.07, 6.45) is 0. The average molecular weight is 487 g/mol. The molecule has 3 aromatic carbocycles. The van der Waals surface area contributed by atoms with Crippen LogP contribution in [0.4, 0.5) is 5.69 Å². The molecule has 1 amide bonds. The Bertz CT molecular complexity index is 1260. The third-order valence-corrected chi connectivity index (χ3v) is 6.35. The van der Waals surface area contributed by atoms with Crippen LogP contribution in [0.5, 0.6) is 23.0 Å². The van der Waals surface area contributed by atoms with E-state index >= 15 is 0 Å². The van der Waals surface area contributed by atoms with Crippen LogP contribution in [0.3, 0.4) is 0 Å². The minimum absolute atomic E-state index is 0.0420. The molecule has 3 aromatic rings. The van der Waals surface area contributed by atoms with Crippen LogP contribution in [0.15, 0.2) is 65.6 Å². The Morgan fingerprint density at radius 3 is 2.06 bits per heavy atom. The van der Waals surface area contributed by atoms with Gasteiger partial charge in [-0.15, -0.1) is 0 Å². The molecule has 9 nitrogen and oxygen atoms in total. The number of benzene rings is 3. The van der Waals surface area contributed by atoms with Crippen molar-refractivity contribution in [1.29, 1.82) is 0 Å². The van der Waals surface area contributed by atoms with Crippen LogP contribution in [0, 0.1) is 0 Å². The van der Waals surface area contributed by atoms with Crippen molar-refractivity contribution < 1.29 is 32.2 Å². The second kappa shape index (κ2) is 10.8. The maximum absolute atomic E-state index is 12.8. The minimum atomic E-state index is -3.90. The fourth-order valence-corrected chi connectivity index (χ4v) is 4.29. The number of ether oxygens (including phenoxy) is 4. The van der Waals surface area contributed by atoms with E-state index in [-0.39, 0.29) is 17.0 Å². The SMILES string of the molecule is COc1ccc(NS(=O)(=O)c2cccc(C(=O)NCc3cc(OC)c(OC)cc3OC)c2)cc1. The van der Waals surface area contributed by atoms with Gasteiger partial charge in [0, 0.05) is 29.4 Å². The highest BCUT2D eigenvalue weighted by Crippen LogP contribution is 2.34. The van der Waals surface area contributed by atoms with Gasteiger partial charge in [-0.2, -0.15) is 0 Å². The van der Waals surface area contributed by atoms with Gasteiger partial charge in [-0.05, 0) is 48.5 Å². The molecular formula is C24H26N2O7S. The first-order valence-corrected chi connectivity index (χ1v) is 11.6. The molecule has 0 radical (unpaired) electrons. The number of amides is 1. The van der Waals surface area contributed by atoms with E-state index in [0.717, 1.165) is 0 Å². The predicted octanol–water partition coefficient (Wildman–Crippen LogP) is 3.45. The number of nitrogens with one attached hydrogen (secondary N) is 2. The summed E-state index contributed by atoms with van der Waals surface area (Å²) in [4.78, 5) is 12.7. The Labute approximate surface area is 198 Å². The number of hydrogen-bond acceptors (Lipinski definition) is 7. The third-order valence-electron chi connectivity index (χ3n) is 4.97. The Morgan fingerprint density at radius 2 is 1.44 bits per heavy atom.